The van der Waals surface area contributed by atoms with Crippen LogP contribution in [0.3, 0.4) is 0 Å². The number of ketones is 1. The summed E-state index contributed by atoms with van der Waals surface area (Å²) in [5, 5.41) is 8.61. The second-order valence-electron chi connectivity index (χ2n) is 3.39. The van der Waals surface area contributed by atoms with E-state index in [2.05, 4.69) is 10.2 Å². The average molecular weight is 268 g/mol. The van der Waals surface area contributed by atoms with E-state index in [-0.39, 0.29) is 5.78 Å². The summed E-state index contributed by atoms with van der Waals surface area (Å²) < 4.78 is 14.4. The summed E-state index contributed by atoms with van der Waals surface area (Å²) in [5.41, 5.74) is 0.375. The molecule has 0 atom stereocenters. The van der Waals surface area contributed by atoms with Gasteiger partial charge in [0.1, 0.15) is 10.8 Å². The number of aryl methyl sites for hydroxylation is 1. The van der Waals surface area contributed by atoms with Crippen LogP contribution in [0.2, 0.25) is 0 Å². The van der Waals surface area contributed by atoms with Crippen molar-refractivity contribution in [2.75, 3.05) is 0 Å². The minimum atomic E-state index is -0.407. The van der Waals surface area contributed by atoms with Crippen LogP contribution in [-0.4, -0.2) is 16.0 Å². The molecule has 2 aromatic rings. The van der Waals surface area contributed by atoms with Gasteiger partial charge in [0, 0.05) is 5.56 Å². The van der Waals surface area contributed by atoms with Gasteiger partial charge < -0.3 is 0 Å². The number of Topliss-reactive ketones (excluding diaryl/α,β-unsaturated/α-hetero) is 1. The Morgan fingerprint density at radius 3 is 2.71 bits per heavy atom. The molecule has 0 bridgehead atoms. The zero-order chi connectivity index (χ0) is 12.4. The monoisotopic (exact) mass is 268 g/mol. The molecule has 1 heterocycles. The molecule has 0 N–H and O–H groups in total. The highest BCUT2D eigenvalue weighted by molar-refractivity contribution is 8.01. The topological polar surface area (TPSA) is 42.9 Å². The number of benzene rings is 1. The van der Waals surface area contributed by atoms with Gasteiger partial charge in [-0.25, -0.2) is 4.39 Å². The Morgan fingerprint density at radius 2 is 2.18 bits per heavy atom. The number of hydrogen-bond donors (Lipinski definition) is 0. The maximum Gasteiger partial charge on any atom is 0.179 e. The van der Waals surface area contributed by atoms with E-state index in [9.17, 15) is 9.18 Å². The van der Waals surface area contributed by atoms with Gasteiger partial charge in [-0.3, -0.25) is 4.79 Å². The van der Waals surface area contributed by atoms with Gasteiger partial charge in [-0.15, -0.1) is 10.2 Å². The number of rotatable bonds is 3. The summed E-state index contributed by atoms with van der Waals surface area (Å²) in [5.74, 6) is -0.553. The first-order chi connectivity index (χ1) is 8.06. The Hall–Kier alpha value is -1.27. The molecular formula is C11H9FN2OS2. The lowest BCUT2D eigenvalue weighted by atomic mass is 10.1. The normalized spacial score (nSPS) is 10.5. The molecule has 1 aromatic carbocycles. The third-order valence-electron chi connectivity index (χ3n) is 2.04. The first-order valence-electron chi connectivity index (χ1n) is 4.84. The highest BCUT2D eigenvalue weighted by Crippen LogP contribution is 2.32. The summed E-state index contributed by atoms with van der Waals surface area (Å²) >= 11 is 2.62. The van der Waals surface area contributed by atoms with E-state index in [0.29, 0.717) is 14.8 Å². The van der Waals surface area contributed by atoms with Gasteiger partial charge in [-0.2, -0.15) is 0 Å². The van der Waals surface area contributed by atoms with Crippen molar-refractivity contribution in [3.8, 4) is 0 Å². The molecule has 3 nitrogen and oxygen atoms in total. The van der Waals surface area contributed by atoms with E-state index in [0.717, 1.165) is 5.01 Å². The average Bonchev–Trinajstić information content (AvgIpc) is 2.67. The molecular weight excluding hydrogens is 259 g/mol. The minimum absolute atomic E-state index is 0.146. The van der Waals surface area contributed by atoms with Gasteiger partial charge in [0.25, 0.3) is 0 Å². The summed E-state index contributed by atoms with van der Waals surface area (Å²) in [6.07, 6.45) is 0. The van der Waals surface area contributed by atoms with Gasteiger partial charge in [-0.1, -0.05) is 29.2 Å². The summed E-state index contributed by atoms with van der Waals surface area (Å²) in [4.78, 5) is 11.5. The Kier molecular flexibility index (Phi) is 3.54. The maximum atomic E-state index is 13.7. The molecule has 0 fully saturated rings. The van der Waals surface area contributed by atoms with Gasteiger partial charge in [-0.05, 0) is 26.0 Å². The van der Waals surface area contributed by atoms with Crippen LogP contribution in [-0.2, 0) is 0 Å². The van der Waals surface area contributed by atoms with Crippen LogP contribution in [0.25, 0.3) is 0 Å². The standard InChI is InChI=1S/C11H9FN2OS2/c1-6(15)8-3-4-10(9(12)5-8)17-11-14-13-7(2)16-11/h3-5H,1-2H3. The number of carbonyl (C=O) groups excluding carboxylic acids is 1. The van der Waals surface area contributed by atoms with E-state index in [1.807, 2.05) is 6.92 Å². The number of carbonyl (C=O) groups is 1. The Morgan fingerprint density at radius 1 is 1.41 bits per heavy atom. The van der Waals surface area contributed by atoms with Gasteiger partial charge in [0.15, 0.2) is 10.1 Å². The molecule has 88 valence electrons. The zero-order valence-corrected chi connectivity index (χ0v) is 10.9. The highest BCUT2D eigenvalue weighted by atomic mass is 32.2. The quantitative estimate of drug-likeness (QED) is 0.801. The highest BCUT2D eigenvalue weighted by Gasteiger charge is 2.10. The van der Waals surface area contributed by atoms with Crippen molar-refractivity contribution in [2.45, 2.75) is 23.1 Å². The summed E-state index contributed by atoms with van der Waals surface area (Å²) in [6, 6.07) is 4.45. The minimum Gasteiger partial charge on any atom is -0.295 e. The van der Waals surface area contributed by atoms with Crippen LogP contribution in [0.15, 0.2) is 27.4 Å². The van der Waals surface area contributed by atoms with Crippen molar-refractivity contribution in [1.82, 2.24) is 10.2 Å². The molecule has 17 heavy (non-hydrogen) atoms. The molecule has 0 amide bonds. The van der Waals surface area contributed by atoms with Crippen LogP contribution in [0.5, 0.6) is 0 Å². The molecule has 0 aliphatic rings. The Balaban J connectivity index is 2.25. The van der Waals surface area contributed by atoms with E-state index >= 15 is 0 Å². The second-order valence-corrected chi connectivity index (χ2v) is 5.86. The molecule has 0 aliphatic heterocycles. The lowest BCUT2D eigenvalue weighted by Gasteiger charge is -2.01. The maximum absolute atomic E-state index is 13.7. The molecule has 0 aliphatic carbocycles. The van der Waals surface area contributed by atoms with E-state index < -0.39 is 5.82 Å². The van der Waals surface area contributed by atoms with Crippen molar-refractivity contribution >= 4 is 28.9 Å². The van der Waals surface area contributed by atoms with E-state index in [4.69, 9.17) is 0 Å². The van der Waals surface area contributed by atoms with Crippen molar-refractivity contribution in [3.05, 3.63) is 34.6 Å². The van der Waals surface area contributed by atoms with Crippen molar-refractivity contribution < 1.29 is 9.18 Å². The van der Waals surface area contributed by atoms with Crippen LogP contribution in [0, 0.1) is 12.7 Å². The molecule has 0 spiro atoms. The lowest BCUT2D eigenvalue weighted by Crippen LogP contribution is -1.93. The van der Waals surface area contributed by atoms with Gasteiger partial charge >= 0.3 is 0 Å². The first-order valence-corrected chi connectivity index (χ1v) is 6.48. The fraction of sp³-hybridized carbons (Fsp3) is 0.182. The predicted octanol–water partition coefficient (Wildman–Crippen LogP) is 3.34. The molecule has 0 radical (unpaired) electrons. The van der Waals surface area contributed by atoms with Gasteiger partial charge in [0.05, 0.1) is 4.90 Å². The van der Waals surface area contributed by atoms with Crippen LogP contribution in [0.4, 0.5) is 4.39 Å². The number of halogens is 1. The molecule has 6 heteroatoms. The van der Waals surface area contributed by atoms with Crippen LogP contribution >= 0.6 is 23.1 Å². The van der Waals surface area contributed by atoms with Gasteiger partial charge in [0.2, 0.25) is 0 Å². The summed E-state index contributed by atoms with van der Waals surface area (Å²) in [7, 11) is 0. The fourth-order valence-electron chi connectivity index (χ4n) is 1.22. The van der Waals surface area contributed by atoms with Crippen molar-refractivity contribution in [1.29, 1.82) is 0 Å². The van der Waals surface area contributed by atoms with Crippen molar-refractivity contribution in [3.63, 3.8) is 0 Å². The zero-order valence-electron chi connectivity index (χ0n) is 9.23. The van der Waals surface area contributed by atoms with Crippen LogP contribution < -0.4 is 0 Å². The SMILES string of the molecule is CC(=O)c1ccc(Sc2nnc(C)s2)c(F)c1. The first kappa shape index (κ1) is 12.2. The number of nitrogens with zero attached hydrogens (tertiary/aromatic N) is 2. The molecule has 1 aromatic heterocycles. The molecule has 0 unspecified atom stereocenters. The molecule has 2 rings (SSSR count). The number of aromatic nitrogens is 2. The third kappa shape index (κ3) is 2.89. The van der Waals surface area contributed by atoms with Crippen LogP contribution in [0.1, 0.15) is 22.3 Å². The fourth-order valence-corrected chi connectivity index (χ4v) is 2.99. The van der Waals surface area contributed by atoms with E-state index in [1.165, 1.54) is 36.1 Å². The smallest absolute Gasteiger partial charge is 0.179 e. The third-order valence-corrected chi connectivity index (χ3v) is 3.98. The lowest BCUT2D eigenvalue weighted by molar-refractivity contribution is 0.101. The largest absolute Gasteiger partial charge is 0.295 e. The summed E-state index contributed by atoms with van der Waals surface area (Å²) in [6.45, 7) is 3.26. The number of hydrogen-bond acceptors (Lipinski definition) is 5. The Bertz CT molecular complexity index is 568. The van der Waals surface area contributed by atoms with E-state index in [1.54, 1.807) is 12.1 Å². The molecule has 0 saturated heterocycles. The predicted molar refractivity (Wildman–Crippen MR) is 65.2 cm³/mol. The molecule has 0 saturated carbocycles. The second kappa shape index (κ2) is 4.93. The Labute approximate surface area is 106 Å². The van der Waals surface area contributed by atoms with Crippen molar-refractivity contribution in [2.24, 2.45) is 0 Å².